The number of piperidine rings is 1. The Morgan fingerprint density at radius 1 is 1.60 bits per heavy atom. The van der Waals surface area contributed by atoms with Gasteiger partial charge in [-0.15, -0.1) is 0 Å². The number of carbonyl (C=O) groups is 1. The SMILES string of the molecule is O=CO.OC1CCCNC1. The second-order valence-corrected chi connectivity index (χ2v) is 2.11. The molecule has 0 spiro atoms. The number of nitrogens with one attached hydrogen (secondary N) is 1. The highest BCUT2D eigenvalue weighted by atomic mass is 16.3. The molecule has 1 saturated heterocycles. The first-order valence-corrected chi connectivity index (χ1v) is 3.28. The lowest BCUT2D eigenvalue weighted by Crippen LogP contribution is -2.33. The molecule has 60 valence electrons. The fraction of sp³-hybridized carbons (Fsp3) is 0.833. The normalized spacial score (nSPS) is 24.3. The average molecular weight is 147 g/mol. The summed E-state index contributed by atoms with van der Waals surface area (Å²) in [6.07, 6.45) is 2.03. The highest BCUT2D eigenvalue weighted by Crippen LogP contribution is 1.98. The van der Waals surface area contributed by atoms with E-state index in [-0.39, 0.29) is 12.6 Å². The van der Waals surface area contributed by atoms with E-state index in [0.29, 0.717) is 0 Å². The van der Waals surface area contributed by atoms with Crippen molar-refractivity contribution in [2.45, 2.75) is 18.9 Å². The van der Waals surface area contributed by atoms with Crippen molar-refractivity contribution in [2.24, 2.45) is 0 Å². The highest BCUT2D eigenvalue weighted by Gasteiger charge is 2.06. The second kappa shape index (κ2) is 6.51. The summed E-state index contributed by atoms with van der Waals surface area (Å²) in [6, 6.07) is 0. The molecule has 1 rings (SSSR count). The molecule has 1 aliphatic rings. The van der Waals surface area contributed by atoms with Crippen LogP contribution in [0.25, 0.3) is 0 Å². The minimum atomic E-state index is -0.250. The van der Waals surface area contributed by atoms with Gasteiger partial charge in [0.15, 0.2) is 0 Å². The summed E-state index contributed by atoms with van der Waals surface area (Å²) in [5.74, 6) is 0. The van der Waals surface area contributed by atoms with Crippen LogP contribution in [-0.2, 0) is 4.79 Å². The Morgan fingerprint density at radius 2 is 2.20 bits per heavy atom. The largest absolute Gasteiger partial charge is 0.483 e. The molecule has 0 amide bonds. The summed E-state index contributed by atoms with van der Waals surface area (Å²) in [7, 11) is 0. The molecule has 4 heteroatoms. The minimum Gasteiger partial charge on any atom is -0.483 e. The van der Waals surface area contributed by atoms with Crippen molar-refractivity contribution in [3.63, 3.8) is 0 Å². The zero-order valence-electron chi connectivity index (χ0n) is 5.79. The minimum absolute atomic E-state index is 0.0752. The van der Waals surface area contributed by atoms with Crippen LogP contribution >= 0.6 is 0 Å². The summed E-state index contributed by atoms with van der Waals surface area (Å²) in [4.78, 5) is 8.36. The number of hydrogen-bond donors (Lipinski definition) is 3. The van der Waals surface area contributed by atoms with E-state index in [4.69, 9.17) is 15.0 Å². The fourth-order valence-corrected chi connectivity index (χ4v) is 0.833. The van der Waals surface area contributed by atoms with Gasteiger partial charge in [0.25, 0.3) is 6.47 Å². The van der Waals surface area contributed by atoms with Crippen molar-refractivity contribution in [1.29, 1.82) is 0 Å². The van der Waals surface area contributed by atoms with Gasteiger partial charge in [-0.3, -0.25) is 4.79 Å². The van der Waals surface area contributed by atoms with Crippen LogP contribution in [0.3, 0.4) is 0 Å². The zero-order valence-corrected chi connectivity index (χ0v) is 5.79. The molecule has 1 atom stereocenters. The van der Waals surface area contributed by atoms with Gasteiger partial charge in [0.2, 0.25) is 0 Å². The number of aliphatic hydroxyl groups is 1. The van der Waals surface area contributed by atoms with Crippen LogP contribution < -0.4 is 5.32 Å². The zero-order chi connectivity index (χ0) is 7.82. The van der Waals surface area contributed by atoms with E-state index in [2.05, 4.69) is 5.32 Å². The third-order valence-electron chi connectivity index (χ3n) is 1.27. The van der Waals surface area contributed by atoms with E-state index in [1.165, 1.54) is 0 Å². The van der Waals surface area contributed by atoms with Gasteiger partial charge in [0.1, 0.15) is 0 Å². The highest BCUT2D eigenvalue weighted by molar-refractivity contribution is 5.32. The smallest absolute Gasteiger partial charge is 0.290 e. The van der Waals surface area contributed by atoms with Crippen LogP contribution in [0, 0.1) is 0 Å². The van der Waals surface area contributed by atoms with Crippen molar-refractivity contribution >= 4 is 6.47 Å². The summed E-state index contributed by atoms with van der Waals surface area (Å²) in [5, 5.41) is 18.8. The summed E-state index contributed by atoms with van der Waals surface area (Å²) in [5.41, 5.74) is 0. The van der Waals surface area contributed by atoms with E-state index in [1.807, 2.05) is 0 Å². The number of hydrogen-bond acceptors (Lipinski definition) is 3. The third-order valence-corrected chi connectivity index (χ3v) is 1.27. The van der Waals surface area contributed by atoms with E-state index in [9.17, 15) is 0 Å². The third kappa shape index (κ3) is 5.53. The summed E-state index contributed by atoms with van der Waals surface area (Å²) < 4.78 is 0. The predicted octanol–water partition coefficient (Wildman–Crippen LogP) is -0.568. The number of aliphatic hydroxyl groups excluding tert-OH is 1. The Balaban J connectivity index is 0.000000236. The Labute approximate surface area is 59.9 Å². The molecular weight excluding hydrogens is 134 g/mol. The molecule has 0 aliphatic carbocycles. The van der Waals surface area contributed by atoms with Crippen molar-refractivity contribution in [3.05, 3.63) is 0 Å². The molecule has 4 nitrogen and oxygen atoms in total. The lowest BCUT2D eigenvalue weighted by molar-refractivity contribution is -0.122. The van der Waals surface area contributed by atoms with E-state index >= 15 is 0 Å². The first-order chi connectivity index (χ1) is 4.81. The van der Waals surface area contributed by atoms with Crippen LogP contribution in [0.15, 0.2) is 0 Å². The Kier molecular flexibility index (Phi) is 6.11. The molecular formula is C6H13NO3. The lowest BCUT2D eigenvalue weighted by atomic mass is 10.1. The average Bonchev–Trinajstić information content (AvgIpc) is 1.91. The molecule has 0 saturated carbocycles. The molecule has 0 aromatic rings. The van der Waals surface area contributed by atoms with Crippen LogP contribution in [0.5, 0.6) is 0 Å². The maximum atomic E-state index is 8.85. The maximum absolute atomic E-state index is 8.85. The van der Waals surface area contributed by atoms with Gasteiger partial charge >= 0.3 is 0 Å². The monoisotopic (exact) mass is 147 g/mol. The lowest BCUT2D eigenvalue weighted by Gasteiger charge is -2.16. The number of carboxylic acid groups (broad SMARTS) is 1. The number of rotatable bonds is 0. The van der Waals surface area contributed by atoms with Gasteiger partial charge in [-0.05, 0) is 19.4 Å². The molecule has 3 N–H and O–H groups in total. The fourth-order valence-electron chi connectivity index (χ4n) is 0.833. The molecule has 10 heavy (non-hydrogen) atoms. The molecule has 1 fully saturated rings. The molecule has 0 bridgehead atoms. The van der Waals surface area contributed by atoms with Crippen molar-refractivity contribution < 1.29 is 15.0 Å². The quantitative estimate of drug-likeness (QED) is 0.401. The van der Waals surface area contributed by atoms with Gasteiger partial charge in [-0.2, -0.15) is 0 Å². The van der Waals surface area contributed by atoms with Crippen LogP contribution in [0.2, 0.25) is 0 Å². The standard InChI is InChI=1S/C5H11NO.CH2O2/c7-5-2-1-3-6-4-5;2-1-3/h5-7H,1-4H2;1H,(H,2,3). The topological polar surface area (TPSA) is 69.6 Å². The van der Waals surface area contributed by atoms with Gasteiger partial charge in [0.05, 0.1) is 6.10 Å². The molecule has 0 aromatic carbocycles. The molecule has 1 aliphatic heterocycles. The van der Waals surface area contributed by atoms with E-state index < -0.39 is 0 Å². The first-order valence-electron chi connectivity index (χ1n) is 3.28. The second-order valence-electron chi connectivity index (χ2n) is 2.11. The van der Waals surface area contributed by atoms with Crippen LogP contribution in [0.4, 0.5) is 0 Å². The van der Waals surface area contributed by atoms with Gasteiger partial charge in [0, 0.05) is 6.54 Å². The Morgan fingerprint density at radius 3 is 2.40 bits per heavy atom. The number of β-amino-alcohol motifs (C(OH)–C–C–N with tert-alkyl or cyclic N) is 1. The van der Waals surface area contributed by atoms with Crippen molar-refractivity contribution in [1.82, 2.24) is 5.32 Å². The van der Waals surface area contributed by atoms with Crippen LogP contribution in [0.1, 0.15) is 12.8 Å². The Bertz CT molecular complexity index is 81.1. The van der Waals surface area contributed by atoms with Crippen molar-refractivity contribution in [2.75, 3.05) is 13.1 Å². The van der Waals surface area contributed by atoms with E-state index in [0.717, 1.165) is 25.9 Å². The molecule has 0 radical (unpaired) electrons. The van der Waals surface area contributed by atoms with Gasteiger partial charge in [-0.1, -0.05) is 0 Å². The van der Waals surface area contributed by atoms with E-state index in [1.54, 1.807) is 0 Å². The molecule has 1 unspecified atom stereocenters. The molecule has 1 heterocycles. The molecule has 0 aromatic heterocycles. The Hall–Kier alpha value is -0.610. The van der Waals surface area contributed by atoms with Gasteiger partial charge in [-0.25, -0.2) is 0 Å². The maximum Gasteiger partial charge on any atom is 0.290 e. The summed E-state index contributed by atoms with van der Waals surface area (Å²) >= 11 is 0. The van der Waals surface area contributed by atoms with Crippen LogP contribution in [-0.4, -0.2) is 35.9 Å². The first kappa shape index (κ1) is 9.39. The summed E-state index contributed by atoms with van der Waals surface area (Å²) in [6.45, 7) is 1.62. The predicted molar refractivity (Wildman–Crippen MR) is 36.8 cm³/mol. The van der Waals surface area contributed by atoms with Crippen molar-refractivity contribution in [3.8, 4) is 0 Å². The van der Waals surface area contributed by atoms with Gasteiger partial charge < -0.3 is 15.5 Å².